The minimum atomic E-state index is -0.905. The Hall–Kier alpha value is -1.62. The molecule has 0 atom stereocenters. The number of aromatic hydroxyl groups is 1. The lowest BCUT2D eigenvalue weighted by Gasteiger charge is -2.21. The number of carbonyl (C=O) groups is 1. The molecule has 0 amide bonds. The van der Waals surface area contributed by atoms with Crippen molar-refractivity contribution in [2.24, 2.45) is 0 Å². The number of methoxy groups -OCH3 is 2. The van der Waals surface area contributed by atoms with Crippen LogP contribution >= 0.6 is 11.6 Å². The van der Waals surface area contributed by atoms with E-state index in [1.807, 2.05) is 0 Å². The van der Waals surface area contributed by atoms with Crippen LogP contribution in [0.15, 0.2) is 6.07 Å². The number of aliphatic carboxylic acids is 1. The molecule has 1 aromatic carbocycles. The third-order valence-corrected chi connectivity index (χ3v) is 3.84. The predicted molar refractivity (Wildman–Crippen MR) is 69.4 cm³/mol. The number of halogens is 1. The van der Waals surface area contributed by atoms with Gasteiger partial charge in [0.25, 0.3) is 0 Å². The zero-order valence-corrected chi connectivity index (χ0v) is 11.5. The van der Waals surface area contributed by atoms with Gasteiger partial charge in [-0.3, -0.25) is 4.79 Å². The molecular weight excluding hydrogens is 272 g/mol. The molecule has 1 aliphatic carbocycles. The standard InChI is InChI=1S/C13H15ClO5/c1-18-8-5-7(15)11(14)10(12(8)19-2)13(3-4-13)6-9(16)17/h5,15H,3-4,6H2,1-2H3,(H,16,17). The van der Waals surface area contributed by atoms with E-state index in [1.165, 1.54) is 20.3 Å². The largest absolute Gasteiger partial charge is 0.506 e. The lowest BCUT2D eigenvalue weighted by atomic mass is 9.90. The molecule has 0 unspecified atom stereocenters. The van der Waals surface area contributed by atoms with E-state index in [1.54, 1.807) is 0 Å². The van der Waals surface area contributed by atoms with Crippen LogP contribution in [-0.2, 0) is 10.2 Å². The van der Waals surface area contributed by atoms with Crippen LogP contribution in [0, 0.1) is 0 Å². The molecule has 2 N–H and O–H groups in total. The van der Waals surface area contributed by atoms with Crippen LogP contribution in [0.5, 0.6) is 17.2 Å². The quantitative estimate of drug-likeness (QED) is 0.870. The summed E-state index contributed by atoms with van der Waals surface area (Å²) >= 11 is 6.14. The summed E-state index contributed by atoms with van der Waals surface area (Å²) in [5, 5.41) is 19.0. The van der Waals surface area contributed by atoms with Gasteiger partial charge in [-0.2, -0.15) is 0 Å². The number of carboxylic acid groups (broad SMARTS) is 1. The summed E-state index contributed by atoms with van der Waals surface area (Å²) in [6, 6.07) is 1.36. The van der Waals surface area contributed by atoms with Crippen molar-refractivity contribution in [2.45, 2.75) is 24.7 Å². The fourth-order valence-electron chi connectivity index (χ4n) is 2.39. The van der Waals surface area contributed by atoms with Crippen LogP contribution in [0.1, 0.15) is 24.8 Å². The minimum Gasteiger partial charge on any atom is -0.506 e. The molecule has 1 saturated carbocycles. The molecule has 5 nitrogen and oxygen atoms in total. The molecule has 1 aliphatic rings. The van der Waals surface area contributed by atoms with Crippen LogP contribution in [0.4, 0.5) is 0 Å². The predicted octanol–water partition coefficient (Wildman–Crippen LogP) is 2.57. The van der Waals surface area contributed by atoms with Crippen molar-refractivity contribution in [1.29, 1.82) is 0 Å². The Labute approximate surface area is 115 Å². The van der Waals surface area contributed by atoms with Crippen molar-refractivity contribution < 1.29 is 24.5 Å². The molecule has 0 aromatic heterocycles. The number of ether oxygens (including phenoxy) is 2. The molecular formula is C13H15ClO5. The summed E-state index contributed by atoms with van der Waals surface area (Å²) in [5.74, 6) is -0.302. The van der Waals surface area contributed by atoms with Gasteiger partial charge in [-0.05, 0) is 12.8 Å². The van der Waals surface area contributed by atoms with Gasteiger partial charge in [0, 0.05) is 17.0 Å². The van der Waals surface area contributed by atoms with Gasteiger partial charge in [-0.15, -0.1) is 0 Å². The summed E-state index contributed by atoms with van der Waals surface area (Å²) in [4.78, 5) is 11.0. The molecule has 1 fully saturated rings. The molecule has 6 heteroatoms. The van der Waals surface area contributed by atoms with E-state index in [0.717, 1.165) is 0 Å². The maximum atomic E-state index is 11.0. The van der Waals surface area contributed by atoms with E-state index in [9.17, 15) is 9.90 Å². The second-order valence-corrected chi connectivity index (χ2v) is 5.05. The number of phenols is 1. The lowest BCUT2D eigenvalue weighted by Crippen LogP contribution is -2.15. The number of hydrogen-bond acceptors (Lipinski definition) is 4. The first-order valence-corrected chi connectivity index (χ1v) is 6.18. The Morgan fingerprint density at radius 1 is 1.42 bits per heavy atom. The topological polar surface area (TPSA) is 76.0 Å². The first kappa shape index (κ1) is 13.8. The zero-order chi connectivity index (χ0) is 14.2. The van der Waals surface area contributed by atoms with Crippen molar-refractivity contribution >= 4 is 17.6 Å². The molecule has 0 heterocycles. The molecule has 104 valence electrons. The fraction of sp³-hybridized carbons (Fsp3) is 0.462. The van der Waals surface area contributed by atoms with E-state index in [0.29, 0.717) is 29.9 Å². The van der Waals surface area contributed by atoms with Crippen LogP contribution in [0.3, 0.4) is 0 Å². The van der Waals surface area contributed by atoms with Crippen molar-refractivity contribution in [3.05, 3.63) is 16.7 Å². The second-order valence-electron chi connectivity index (χ2n) is 4.67. The number of hydrogen-bond donors (Lipinski definition) is 2. The van der Waals surface area contributed by atoms with Gasteiger partial charge < -0.3 is 19.7 Å². The van der Waals surface area contributed by atoms with Crippen molar-refractivity contribution in [3.8, 4) is 17.2 Å². The number of rotatable bonds is 5. The van der Waals surface area contributed by atoms with E-state index in [2.05, 4.69) is 0 Å². The van der Waals surface area contributed by atoms with Crippen LogP contribution in [0.2, 0.25) is 5.02 Å². The molecule has 2 rings (SSSR count). The Kier molecular flexibility index (Phi) is 3.49. The highest BCUT2D eigenvalue weighted by atomic mass is 35.5. The Morgan fingerprint density at radius 3 is 2.47 bits per heavy atom. The van der Waals surface area contributed by atoms with Gasteiger partial charge >= 0.3 is 5.97 Å². The number of phenolic OH excluding ortho intramolecular Hbond substituents is 1. The molecule has 0 radical (unpaired) electrons. The van der Waals surface area contributed by atoms with E-state index in [4.69, 9.17) is 26.2 Å². The molecule has 19 heavy (non-hydrogen) atoms. The summed E-state index contributed by atoms with van der Waals surface area (Å²) < 4.78 is 10.4. The third-order valence-electron chi connectivity index (χ3n) is 3.46. The first-order chi connectivity index (χ1) is 8.95. The fourth-order valence-corrected chi connectivity index (χ4v) is 2.73. The van der Waals surface area contributed by atoms with Crippen molar-refractivity contribution in [3.63, 3.8) is 0 Å². The van der Waals surface area contributed by atoms with Gasteiger partial charge in [0.05, 0.1) is 25.7 Å². The third kappa shape index (κ3) is 2.30. The number of carboxylic acids is 1. The SMILES string of the molecule is COc1cc(O)c(Cl)c(C2(CC(=O)O)CC2)c1OC. The average Bonchev–Trinajstić information content (AvgIpc) is 3.11. The Balaban J connectivity index is 2.61. The lowest BCUT2D eigenvalue weighted by molar-refractivity contribution is -0.137. The highest BCUT2D eigenvalue weighted by Crippen LogP contribution is 2.59. The average molecular weight is 287 g/mol. The zero-order valence-electron chi connectivity index (χ0n) is 10.7. The van der Waals surface area contributed by atoms with Gasteiger partial charge in [0.2, 0.25) is 0 Å². The van der Waals surface area contributed by atoms with Crippen molar-refractivity contribution in [2.75, 3.05) is 14.2 Å². The van der Waals surface area contributed by atoms with Gasteiger partial charge in [-0.25, -0.2) is 0 Å². The monoisotopic (exact) mass is 286 g/mol. The Morgan fingerprint density at radius 2 is 2.05 bits per heavy atom. The van der Waals surface area contributed by atoms with Crippen molar-refractivity contribution in [1.82, 2.24) is 0 Å². The molecule has 1 aromatic rings. The van der Waals surface area contributed by atoms with Crippen LogP contribution in [0.25, 0.3) is 0 Å². The highest BCUT2D eigenvalue weighted by molar-refractivity contribution is 6.33. The summed E-state index contributed by atoms with van der Waals surface area (Å²) in [6.45, 7) is 0. The first-order valence-electron chi connectivity index (χ1n) is 5.81. The van der Waals surface area contributed by atoms with Crippen LogP contribution < -0.4 is 9.47 Å². The van der Waals surface area contributed by atoms with E-state index >= 15 is 0 Å². The summed E-state index contributed by atoms with van der Waals surface area (Å²) in [6.07, 6.45) is 1.35. The maximum Gasteiger partial charge on any atom is 0.304 e. The second kappa shape index (κ2) is 4.81. The minimum absolute atomic E-state index is 0.0459. The molecule has 0 bridgehead atoms. The maximum absolute atomic E-state index is 11.0. The van der Waals surface area contributed by atoms with Gasteiger partial charge in [-0.1, -0.05) is 11.6 Å². The number of benzene rings is 1. The summed E-state index contributed by atoms with van der Waals surface area (Å²) in [7, 11) is 2.91. The Bertz CT molecular complexity index is 522. The molecule has 0 saturated heterocycles. The normalized spacial score (nSPS) is 15.9. The molecule has 0 spiro atoms. The molecule has 0 aliphatic heterocycles. The highest BCUT2D eigenvalue weighted by Gasteiger charge is 2.50. The van der Waals surface area contributed by atoms with Gasteiger partial charge in [0.15, 0.2) is 11.5 Å². The summed E-state index contributed by atoms with van der Waals surface area (Å²) in [5.41, 5.74) is -0.0452. The smallest absolute Gasteiger partial charge is 0.304 e. The van der Waals surface area contributed by atoms with Crippen LogP contribution in [-0.4, -0.2) is 30.4 Å². The van der Waals surface area contributed by atoms with E-state index < -0.39 is 11.4 Å². The van der Waals surface area contributed by atoms with Gasteiger partial charge in [0.1, 0.15) is 5.75 Å². The van der Waals surface area contributed by atoms with E-state index in [-0.39, 0.29) is 17.2 Å².